The molecule has 1 aromatic heterocycles. The van der Waals surface area contributed by atoms with Crippen LogP contribution < -0.4 is 10.2 Å². The van der Waals surface area contributed by atoms with Crippen molar-refractivity contribution in [3.63, 3.8) is 0 Å². The smallest absolute Gasteiger partial charge is 0.234 e. The van der Waals surface area contributed by atoms with E-state index in [1.807, 2.05) is 18.7 Å². The maximum absolute atomic E-state index is 13.7. The number of thioether (sulfide) groups is 1. The molecule has 1 saturated heterocycles. The molecule has 0 spiro atoms. The molecule has 1 fully saturated rings. The van der Waals surface area contributed by atoms with Crippen molar-refractivity contribution < 1.29 is 14.0 Å². The number of carbonyl (C=O) groups excluding carboxylic acids is 2. The second-order valence-corrected chi connectivity index (χ2v) is 8.61. The van der Waals surface area contributed by atoms with E-state index in [9.17, 15) is 14.0 Å². The lowest BCUT2D eigenvalue weighted by molar-refractivity contribution is -0.133. The maximum atomic E-state index is 13.7. The van der Waals surface area contributed by atoms with E-state index in [4.69, 9.17) is 11.6 Å². The van der Waals surface area contributed by atoms with Gasteiger partial charge in [-0.2, -0.15) is 0 Å². The lowest BCUT2D eigenvalue weighted by Crippen LogP contribution is -2.54. The van der Waals surface area contributed by atoms with E-state index < -0.39 is 5.82 Å². The zero-order chi connectivity index (χ0) is 22.4. The van der Waals surface area contributed by atoms with Crippen molar-refractivity contribution in [1.82, 2.24) is 14.9 Å². The van der Waals surface area contributed by atoms with E-state index in [0.29, 0.717) is 37.0 Å². The Morgan fingerprint density at radius 2 is 2.06 bits per heavy atom. The molecule has 7 nitrogen and oxygen atoms in total. The fraction of sp³-hybridized carbons (Fsp3) is 0.429. The van der Waals surface area contributed by atoms with Crippen LogP contribution in [0.5, 0.6) is 0 Å². The summed E-state index contributed by atoms with van der Waals surface area (Å²) in [4.78, 5) is 37.1. The zero-order valence-electron chi connectivity index (χ0n) is 17.5. The monoisotopic (exact) mass is 465 g/mol. The number of aromatic nitrogens is 2. The molecule has 2 heterocycles. The Bertz CT molecular complexity index is 948. The van der Waals surface area contributed by atoms with Crippen molar-refractivity contribution in [3.8, 4) is 0 Å². The Morgan fingerprint density at radius 1 is 1.29 bits per heavy atom. The fourth-order valence-corrected chi connectivity index (χ4v) is 4.27. The third-order valence-electron chi connectivity index (χ3n) is 4.88. The molecular formula is C21H25ClFN5O2S. The molecule has 0 bridgehead atoms. The highest BCUT2D eigenvalue weighted by Gasteiger charge is 2.28. The van der Waals surface area contributed by atoms with Gasteiger partial charge in [0.1, 0.15) is 16.8 Å². The van der Waals surface area contributed by atoms with Gasteiger partial charge in [0.05, 0.1) is 11.4 Å². The first-order valence-electron chi connectivity index (χ1n) is 10.1. The van der Waals surface area contributed by atoms with Crippen LogP contribution in [0.1, 0.15) is 26.7 Å². The van der Waals surface area contributed by atoms with Crippen LogP contribution in [0, 0.1) is 5.82 Å². The highest BCUT2D eigenvalue weighted by molar-refractivity contribution is 7.99. The van der Waals surface area contributed by atoms with Gasteiger partial charge in [0.15, 0.2) is 5.16 Å². The molecule has 0 aliphatic carbocycles. The van der Waals surface area contributed by atoms with E-state index in [0.717, 1.165) is 18.2 Å². The van der Waals surface area contributed by atoms with Gasteiger partial charge in [-0.25, -0.2) is 14.4 Å². The maximum Gasteiger partial charge on any atom is 0.234 e. The second kappa shape index (κ2) is 10.8. The van der Waals surface area contributed by atoms with E-state index in [2.05, 4.69) is 20.2 Å². The summed E-state index contributed by atoms with van der Waals surface area (Å²) in [7, 11) is 0. The van der Waals surface area contributed by atoms with Gasteiger partial charge in [0.2, 0.25) is 11.8 Å². The summed E-state index contributed by atoms with van der Waals surface area (Å²) < 4.78 is 13.7. The van der Waals surface area contributed by atoms with Crippen LogP contribution in [0.25, 0.3) is 0 Å². The number of nitrogens with one attached hydrogen (secondary N) is 1. The minimum Gasteiger partial charge on any atom is -0.353 e. The number of nitrogens with zero attached hydrogens (tertiary/aromatic N) is 4. The molecule has 1 aromatic carbocycles. The van der Waals surface area contributed by atoms with Crippen LogP contribution >= 0.6 is 23.4 Å². The van der Waals surface area contributed by atoms with E-state index >= 15 is 0 Å². The summed E-state index contributed by atoms with van der Waals surface area (Å²) in [6.07, 6.45) is 1.39. The minimum atomic E-state index is -0.493. The average molecular weight is 466 g/mol. The number of hydrogen-bond donors (Lipinski definition) is 1. The Balaban J connectivity index is 1.61. The van der Waals surface area contributed by atoms with Gasteiger partial charge in [0.25, 0.3) is 0 Å². The molecule has 1 atom stereocenters. The average Bonchev–Trinajstić information content (AvgIpc) is 2.73. The molecule has 3 rings (SSSR count). The molecule has 1 unspecified atom stereocenters. The van der Waals surface area contributed by atoms with Gasteiger partial charge in [-0.3, -0.25) is 9.59 Å². The summed E-state index contributed by atoms with van der Waals surface area (Å²) in [6, 6.07) is 7.73. The summed E-state index contributed by atoms with van der Waals surface area (Å²) in [5.74, 6) is -0.00672. The molecular weight excluding hydrogens is 441 g/mol. The first-order valence-corrected chi connectivity index (χ1v) is 11.5. The summed E-state index contributed by atoms with van der Waals surface area (Å²) >= 11 is 7.31. The van der Waals surface area contributed by atoms with Gasteiger partial charge in [-0.15, -0.1) is 0 Å². The second-order valence-electron chi connectivity index (χ2n) is 7.28. The van der Waals surface area contributed by atoms with E-state index in [1.165, 1.54) is 12.1 Å². The fourth-order valence-electron chi connectivity index (χ4n) is 3.38. The van der Waals surface area contributed by atoms with Gasteiger partial charge < -0.3 is 15.1 Å². The Labute approximate surface area is 190 Å². The highest BCUT2D eigenvalue weighted by Crippen LogP contribution is 2.24. The van der Waals surface area contributed by atoms with Gasteiger partial charge in [-0.05, 0) is 25.5 Å². The molecule has 166 valence electrons. The molecule has 10 heteroatoms. The minimum absolute atomic E-state index is 0.0177. The summed E-state index contributed by atoms with van der Waals surface area (Å²) in [5, 5.41) is 3.17. The lowest BCUT2D eigenvalue weighted by atomic mass is 10.1. The van der Waals surface area contributed by atoms with Crippen LogP contribution in [0.15, 0.2) is 35.5 Å². The zero-order valence-corrected chi connectivity index (χ0v) is 19.0. The lowest BCUT2D eigenvalue weighted by Gasteiger charge is -2.40. The number of rotatable bonds is 7. The molecule has 0 saturated carbocycles. The van der Waals surface area contributed by atoms with Crippen LogP contribution in [0.2, 0.25) is 5.15 Å². The molecule has 2 amide bonds. The number of para-hydroxylation sites is 1. The highest BCUT2D eigenvalue weighted by atomic mass is 35.5. The standard InChI is InChI=1S/C21H25ClFN5O2S/c1-3-6-20(30)28-10-9-27(12-14(28)2)18-11-17(22)25-21(26-18)31-13-19(29)24-16-8-5-4-7-15(16)23/h4-5,7-8,11,14H,3,6,9-10,12-13H2,1-2H3,(H,24,29). The number of benzene rings is 1. The van der Waals surface area contributed by atoms with Crippen molar-refractivity contribution in [2.45, 2.75) is 37.9 Å². The number of anilines is 2. The van der Waals surface area contributed by atoms with Crippen LogP contribution in [0.4, 0.5) is 15.9 Å². The molecule has 1 aliphatic rings. The third-order valence-corrected chi connectivity index (χ3v) is 5.92. The number of piperazine rings is 1. The van der Waals surface area contributed by atoms with E-state index in [-0.39, 0.29) is 34.4 Å². The number of hydrogen-bond acceptors (Lipinski definition) is 6. The SMILES string of the molecule is CCCC(=O)N1CCN(c2cc(Cl)nc(SCC(=O)Nc3ccccc3F)n2)CC1C. The quantitative estimate of drug-likeness (QED) is 0.380. The topological polar surface area (TPSA) is 78.4 Å². The van der Waals surface area contributed by atoms with Crippen molar-refractivity contribution in [1.29, 1.82) is 0 Å². The van der Waals surface area contributed by atoms with Crippen LogP contribution in [-0.4, -0.2) is 58.1 Å². The first kappa shape index (κ1) is 23.3. The molecule has 1 N–H and O–H groups in total. The Morgan fingerprint density at radius 3 is 2.77 bits per heavy atom. The van der Waals surface area contributed by atoms with Crippen molar-refractivity contribution >= 4 is 46.7 Å². The van der Waals surface area contributed by atoms with Crippen molar-refractivity contribution in [2.24, 2.45) is 0 Å². The van der Waals surface area contributed by atoms with Gasteiger partial charge >= 0.3 is 0 Å². The third kappa shape index (κ3) is 6.30. The van der Waals surface area contributed by atoms with Crippen molar-refractivity contribution in [2.75, 3.05) is 35.6 Å². The van der Waals surface area contributed by atoms with Crippen LogP contribution in [-0.2, 0) is 9.59 Å². The van der Waals surface area contributed by atoms with Crippen molar-refractivity contribution in [3.05, 3.63) is 41.3 Å². The molecule has 31 heavy (non-hydrogen) atoms. The number of halogens is 2. The Kier molecular flexibility index (Phi) is 8.09. The normalized spacial score (nSPS) is 16.3. The molecule has 1 aliphatic heterocycles. The predicted molar refractivity (Wildman–Crippen MR) is 121 cm³/mol. The number of amides is 2. The number of carbonyl (C=O) groups is 2. The van der Waals surface area contributed by atoms with Gasteiger partial charge in [0, 0.05) is 38.2 Å². The first-order chi connectivity index (χ1) is 14.9. The van der Waals surface area contributed by atoms with E-state index in [1.54, 1.807) is 18.2 Å². The van der Waals surface area contributed by atoms with Crippen LogP contribution in [0.3, 0.4) is 0 Å². The summed E-state index contributed by atoms with van der Waals surface area (Å²) in [5.41, 5.74) is 0.130. The molecule has 0 radical (unpaired) electrons. The van der Waals surface area contributed by atoms with Gasteiger partial charge in [-0.1, -0.05) is 42.4 Å². The largest absolute Gasteiger partial charge is 0.353 e. The Hall–Kier alpha value is -2.39. The summed E-state index contributed by atoms with van der Waals surface area (Å²) in [6.45, 7) is 5.92. The molecule has 2 aromatic rings. The predicted octanol–water partition coefficient (Wildman–Crippen LogP) is 3.84.